The number of fused-ring (bicyclic) bond motifs is 1. The molecule has 0 bridgehead atoms. The van der Waals surface area contributed by atoms with Crippen molar-refractivity contribution in [2.75, 3.05) is 16.0 Å². The number of carbonyl (C=O) groups is 2. The maximum atomic E-state index is 12.1. The molecule has 0 unspecified atom stereocenters. The fourth-order valence-electron chi connectivity index (χ4n) is 2.97. The summed E-state index contributed by atoms with van der Waals surface area (Å²) in [5.41, 5.74) is 1.97. The molecule has 0 aliphatic carbocycles. The van der Waals surface area contributed by atoms with E-state index in [0.29, 0.717) is 33.8 Å². The van der Waals surface area contributed by atoms with E-state index in [-0.39, 0.29) is 11.8 Å². The van der Waals surface area contributed by atoms with Crippen molar-refractivity contribution in [3.63, 3.8) is 0 Å². The number of carbonyl (C=O) groups excluding carboxylic acids is 2. The zero-order valence-corrected chi connectivity index (χ0v) is 17.7. The molecule has 0 saturated carbocycles. The van der Waals surface area contributed by atoms with Crippen LogP contribution in [0.5, 0.6) is 11.5 Å². The summed E-state index contributed by atoms with van der Waals surface area (Å²) in [5.74, 6) is 1.25. The number of rotatable bonds is 6. The number of benzene rings is 2. The largest absolute Gasteiger partial charge is 0.459 e. The molecular formula is C22H16N6O4S. The lowest BCUT2D eigenvalue weighted by molar-refractivity contribution is 0.0996. The van der Waals surface area contributed by atoms with Gasteiger partial charge in [-0.25, -0.2) is 14.8 Å². The van der Waals surface area contributed by atoms with Crippen molar-refractivity contribution < 1.29 is 18.7 Å². The van der Waals surface area contributed by atoms with Gasteiger partial charge in [-0.2, -0.15) is 0 Å². The van der Waals surface area contributed by atoms with Crippen molar-refractivity contribution in [1.29, 1.82) is 0 Å². The Labute approximate surface area is 190 Å². The molecule has 0 radical (unpaired) electrons. The minimum absolute atomic E-state index is 0.193. The molecule has 0 spiro atoms. The van der Waals surface area contributed by atoms with E-state index < -0.39 is 5.91 Å². The van der Waals surface area contributed by atoms with E-state index in [1.807, 2.05) is 0 Å². The molecule has 0 aliphatic heterocycles. The van der Waals surface area contributed by atoms with Crippen molar-refractivity contribution in [3.8, 4) is 11.5 Å². The fourth-order valence-corrected chi connectivity index (χ4v) is 3.50. The Bertz CT molecular complexity index is 1390. The smallest absolute Gasteiger partial charge is 0.325 e. The van der Waals surface area contributed by atoms with Gasteiger partial charge in [0.05, 0.1) is 17.3 Å². The topological polar surface area (TPSA) is 134 Å². The van der Waals surface area contributed by atoms with Crippen molar-refractivity contribution in [2.24, 2.45) is 0 Å². The van der Waals surface area contributed by atoms with Gasteiger partial charge in [0.25, 0.3) is 5.91 Å². The maximum absolute atomic E-state index is 12.1. The minimum atomic E-state index is -0.399. The van der Waals surface area contributed by atoms with Crippen molar-refractivity contribution in [1.82, 2.24) is 15.0 Å². The summed E-state index contributed by atoms with van der Waals surface area (Å²) in [6, 6.07) is 15.1. The molecule has 4 N–H and O–H groups in total. The third kappa shape index (κ3) is 4.83. The van der Waals surface area contributed by atoms with Crippen LogP contribution in [0.4, 0.5) is 21.6 Å². The first-order valence-electron chi connectivity index (χ1n) is 9.72. The predicted molar refractivity (Wildman–Crippen MR) is 124 cm³/mol. The van der Waals surface area contributed by atoms with Gasteiger partial charge in [0, 0.05) is 23.3 Å². The van der Waals surface area contributed by atoms with Crippen LogP contribution in [0.25, 0.3) is 11.0 Å². The molecule has 3 aromatic heterocycles. The lowest BCUT2D eigenvalue weighted by atomic mass is 10.3. The van der Waals surface area contributed by atoms with E-state index in [1.54, 1.807) is 66.2 Å². The van der Waals surface area contributed by atoms with Crippen LogP contribution in [0.15, 0.2) is 76.9 Å². The van der Waals surface area contributed by atoms with Crippen molar-refractivity contribution >= 4 is 51.1 Å². The van der Waals surface area contributed by atoms with Gasteiger partial charge in [0.1, 0.15) is 11.5 Å². The Morgan fingerprint density at radius 1 is 1.00 bits per heavy atom. The van der Waals surface area contributed by atoms with Gasteiger partial charge < -0.3 is 19.5 Å². The summed E-state index contributed by atoms with van der Waals surface area (Å²) in [6.45, 7) is 0. The SMILES string of the molecule is O=C(Nc1ccc(Oc2ccc3[nH]c(NC(=O)c4ccco4)nc3c2)cc1)Nc1nccs1. The summed E-state index contributed by atoms with van der Waals surface area (Å²) in [4.78, 5) is 35.5. The second-order valence-electron chi connectivity index (χ2n) is 6.74. The molecule has 0 aliphatic rings. The van der Waals surface area contributed by atoms with Crippen molar-refractivity contribution in [3.05, 3.63) is 78.2 Å². The molecule has 0 saturated heterocycles. The summed E-state index contributed by atoms with van der Waals surface area (Å²) in [5, 5.41) is 10.3. The molecule has 5 aromatic rings. The zero-order chi connectivity index (χ0) is 22.6. The van der Waals surface area contributed by atoms with Gasteiger partial charge in [-0.05, 0) is 48.5 Å². The van der Waals surface area contributed by atoms with E-state index >= 15 is 0 Å². The number of nitrogens with one attached hydrogen (secondary N) is 4. The average molecular weight is 460 g/mol. The molecule has 11 heteroatoms. The number of nitrogens with zero attached hydrogens (tertiary/aromatic N) is 2. The number of urea groups is 1. The maximum Gasteiger partial charge on any atom is 0.325 e. The average Bonchev–Trinajstić information content (AvgIpc) is 3.57. The minimum Gasteiger partial charge on any atom is -0.459 e. The highest BCUT2D eigenvalue weighted by Gasteiger charge is 2.12. The van der Waals surface area contributed by atoms with Gasteiger partial charge in [0.2, 0.25) is 5.95 Å². The fraction of sp³-hybridized carbons (Fsp3) is 0. The number of amides is 3. The number of ether oxygens (including phenoxy) is 1. The molecule has 2 aromatic carbocycles. The van der Waals surface area contributed by atoms with E-state index in [1.165, 1.54) is 17.6 Å². The molecule has 33 heavy (non-hydrogen) atoms. The Balaban J connectivity index is 1.22. The van der Waals surface area contributed by atoms with Crippen LogP contribution in [-0.4, -0.2) is 26.9 Å². The number of aromatic amines is 1. The number of thiazole rings is 1. The van der Waals surface area contributed by atoms with Gasteiger partial charge in [0.15, 0.2) is 10.9 Å². The first-order valence-corrected chi connectivity index (χ1v) is 10.6. The number of hydrogen-bond acceptors (Lipinski definition) is 7. The molecule has 10 nitrogen and oxygen atoms in total. The van der Waals surface area contributed by atoms with Crippen LogP contribution in [0.3, 0.4) is 0 Å². The second kappa shape index (κ2) is 8.85. The number of anilines is 3. The highest BCUT2D eigenvalue weighted by atomic mass is 32.1. The lowest BCUT2D eigenvalue weighted by Gasteiger charge is -2.08. The van der Waals surface area contributed by atoms with E-state index in [4.69, 9.17) is 9.15 Å². The Hall–Kier alpha value is -4.64. The molecule has 0 atom stereocenters. The Kier molecular flexibility index (Phi) is 5.43. The number of imidazole rings is 1. The van der Waals surface area contributed by atoms with Gasteiger partial charge in [-0.1, -0.05) is 0 Å². The second-order valence-corrected chi connectivity index (χ2v) is 7.63. The first kappa shape index (κ1) is 20.3. The molecule has 3 heterocycles. The monoisotopic (exact) mass is 460 g/mol. The molecule has 3 amide bonds. The van der Waals surface area contributed by atoms with E-state index in [9.17, 15) is 9.59 Å². The lowest BCUT2D eigenvalue weighted by Crippen LogP contribution is -2.19. The van der Waals surface area contributed by atoms with E-state index in [2.05, 4.69) is 30.9 Å². The van der Waals surface area contributed by atoms with Crippen LogP contribution in [0.1, 0.15) is 10.6 Å². The van der Waals surface area contributed by atoms with Crippen LogP contribution in [-0.2, 0) is 0 Å². The normalized spacial score (nSPS) is 10.7. The highest BCUT2D eigenvalue weighted by molar-refractivity contribution is 7.13. The quantitative estimate of drug-likeness (QED) is 0.272. The van der Waals surface area contributed by atoms with Gasteiger partial charge in [-0.3, -0.25) is 15.4 Å². The highest BCUT2D eigenvalue weighted by Crippen LogP contribution is 2.27. The standard InChI is InChI=1S/C22H16N6O4S/c29-19(18-2-1-10-31-18)27-20-25-16-8-7-15(12-17(16)26-20)32-14-5-3-13(4-6-14)24-21(30)28-22-23-9-11-33-22/h1-12H,(H2,23,24,28,30)(H2,25,26,27,29). The molecule has 164 valence electrons. The number of H-pyrrole nitrogens is 1. The number of furan rings is 1. The third-order valence-electron chi connectivity index (χ3n) is 4.43. The summed E-state index contributed by atoms with van der Waals surface area (Å²) < 4.78 is 11.0. The number of hydrogen-bond donors (Lipinski definition) is 4. The number of aromatic nitrogens is 3. The van der Waals surface area contributed by atoms with Crippen LogP contribution in [0, 0.1) is 0 Å². The van der Waals surface area contributed by atoms with Crippen LogP contribution < -0.4 is 20.7 Å². The molecule has 0 fully saturated rings. The molecular weight excluding hydrogens is 444 g/mol. The summed E-state index contributed by atoms with van der Waals surface area (Å²) >= 11 is 1.33. The Morgan fingerprint density at radius 3 is 2.61 bits per heavy atom. The first-order chi connectivity index (χ1) is 16.1. The summed E-state index contributed by atoms with van der Waals surface area (Å²) in [6.07, 6.45) is 3.04. The van der Waals surface area contributed by atoms with Crippen LogP contribution >= 0.6 is 11.3 Å². The summed E-state index contributed by atoms with van der Waals surface area (Å²) in [7, 11) is 0. The Morgan fingerprint density at radius 2 is 1.85 bits per heavy atom. The van der Waals surface area contributed by atoms with E-state index in [0.717, 1.165) is 5.52 Å². The molecule has 5 rings (SSSR count). The zero-order valence-electron chi connectivity index (χ0n) is 16.9. The van der Waals surface area contributed by atoms with Gasteiger partial charge in [-0.15, -0.1) is 11.3 Å². The van der Waals surface area contributed by atoms with Gasteiger partial charge >= 0.3 is 6.03 Å². The van der Waals surface area contributed by atoms with Crippen molar-refractivity contribution in [2.45, 2.75) is 0 Å². The van der Waals surface area contributed by atoms with Crippen LogP contribution in [0.2, 0.25) is 0 Å². The third-order valence-corrected chi connectivity index (χ3v) is 5.12. The predicted octanol–water partition coefficient (Wildman–Crippen LogP) is 5.30.